The van der Waals surface area contributed by atoms with E-state index in [2.05, 4.69) is 5.32 Å². The van der Waals surface area contributed by atoms with Crippen molar-refractivity contribution < 1.29 is 19.1 Å². The van der Waals surface area contributed by atoms with Crippen LogP contribution in [0.5, 0.6) is 11.5 Å². The minimum atomic E-state index is -0.715. The van der Waals surface area contributed by atoms with Crippen LogP contribution in [-0.2, 0) is 22.6 Å². The van der Waals surface area contributed by atoms with Gasteiger partial charge in [0.05, 0.1) is 13.7 Å². The zero-order valence-electron chi connectivity index (χ0n) is 22.7. The van der Waals surface area contributed by atoms with Crippen LogP contribution in [0.1, 0.15) is 37.8 Å². The van der Waals surface area contributed by atoms with Crippen molar-refractivity contribution in [3.05, 3.63) is 94.0 Å². The van der Waals surface area contributed by atoms with Crippen molar-refractivity contribution in [2.75, 3.05) is 20.3 Å². The van der Waals surface area contributed by atoms with E-state index in [0.717, 1.165) is 16.9 Å². The highest BCUT2D eigenvalue weighted by Crippen LogP contribution is 2.25. The summed E-state index contributed by atoms with van der Waals surface area (Å²) in [7, 11) is 1.61. The molecular formula is C31H36Cl2N2O4. The maximum atomic E-state index is 13.7. The van der Waals surface area contributed by atoms with Crippen molar-refractivity contribution in [1.29, 1.82) is 0 Å². The predicted molar refractivity (Wildman–Crippen MR) is 157 cm³/mol. The van der Waals surface area contributed by atoms with E-state index in [1.807, 2.05) is 68.4 Å². The molecular weight excluding hydrogens is 535 g/mol. The summed E-state index contributed by atoms with van der Waals surface area (Å²) in [5.74, 6) is 1.37. The van der Waals surface area contributed by atoms with Crippen molar-refractivity contribution in [2.24, 2.45) is 5.92 Å². The fourth-order valence-corrected chi connectivity index (χ4v) is 4.51. The van der Waals surface area contributed by atoms with E-state index in [1.54, 1.807) is 30.2 Å². The fourth-order valence-electron chi connectivity index (χ4n) is 4.04. The van der Waals surface area contributed by atoms with Gasteiger partial charge in [-0.2, -0.15) is 0 Å². The summed E-state index contributed by atoms with van der Waals surface area (Å²) in [6.07, 6.45) is 1.08. The number of rotatable bonds is 14. The second kappa shape index (κ2) is 15.4. The van der Waals surface area contributed by atoms with Crippen LogP contribution < -0.4 is 14.8 Å². The van der Waals surface area contributed by atoms with E-state index in [4.69, 9.17) is 32.7 Å². The van der Waals surface area contributed by atoms with Crippen LogP contribution in [0, 0.1) is 5.92 Å². The molecule has 0 aliphatic heterocycles. The zero-order chi connectivity index (χ0) is 28.2. The Labute approximate surface area is 241 Å². The standard InChI is InChI=1S/C31H36Cl2N2O4/c1-22(2)20-34-31(37)29(18-23-8-5-4-6-9-23)35(21-24-11-12-25(32)19-28(24)33)30(36)10-7-17-39-27-15-13-26(38-3)14-16-27/h4-6,8-9,11-16,19,22,29H,7,10,17-18,20-21H2,1-3H3,(H,34,37). The molecule has 2 amide bonds. The summed E-state index contributed by atoms with van der Waals surface area (Å²) in [6, 6.07) is 21.5. The Kier molecular flexibility index (Phi) is 12.0. The van der Waals surface area contributed by atoms with Gasteiger partial charge in [-0.3, -0.25) is 9.59 Å². The molecule has 0 aliphatic rings. The molecule has 39 heavy (non-hydrogen) atoms. The normalized spacial score (nSPS) is 11.6. The molecule has 0 radical (unpaired) electrons. The molecule has 208 valence electrons. The molecule has 1 N–H and O–H groups in total. The summed E-state index contributed by atoms with van der Waals surface area (Å²) in [4.78, 5) is 28.8. The minimum absolute atomic E-state index is 0.153. The summed E-state index contributed by atoms with van der Waals surface area (Å²) in [5.41, 5.74) is 1.68. The summed E-state index contributed by atoms with van der Waals surface area (Å²) >= 11 is 12.6. The van der Waals surface area contributed by atoms with E-state index in [9.17, 15) is 9.59 Å². The Bertz CT molecular complexity index is 1200. The van der Waals surface area contributed by atoms with Gasteiger partial charge in [0, 0.05) is 36.0 Å². The number of carbonyl (C=O) groups excluding carboxylic acids is 2. The van der Waals surface area contributed by atoms with Crippen molar-refractivity contribution in [2.45, 2.75) is 45.7 Å². The maximum Gasteiger partial charge on any atom is 0.243 e. The van der Waals surface area contributed by atoms with Crippen LogP contribution >= 0.6 is 23.2 Å². The number of methoxy groups -OCH3 is 1. The first-order chi connectivity index (χ1) is 18.8. The second-order valence-corrected chi connectivity index (χ2v) is 10.6. The molecule has 1 atom stereocenters. The molecule has 0 fully saturated rings. The van der Waals surface area contributed by atoms with Gasteiger partial charge in [-0.25, -0.2) is 0 Å². The quantitative estimate of drug-likeness (QED) is 0.222. The average Bonchev–Trinajstić information content (AvgIpc) is 2.93. The largest absolute Gasteiger partial charge is 0.497 e. The summed E-state index contributed by atoms with van der Waals surface area (Å²) < 4.78 is 11.0. The van der Waals surface area contributed by atoms with Crippen molar-refractivity contribution in [3.63, 3.8) is 0 Å². The van der Waals surface area contributed by atoms with Gasteiger partial charge in [-0.15, -0.1) is 0 Å². The monoisotopic (exact) mass is 570 g/mol. The fraction of sp³-hybridized carbons (Fsp3) is 0.355. The van der Waals surface area contributed by atoms with Crippen molar-refractivity contribution >= 4 is 35.0 Å². The van der Waals surface area contributed by atoms with E-state index >= 15 is 0 Å². The van der Waals surface area contributed by atoms with Crippen LogP contribution in [-0.4, -0.2) is 43.0 Å². The number of hydrogen-bond acceptors (Lipinski definition) is 4. The number of amides is 2. The topological polar surface area (TPSA) is 67.9 Å². The molecule has 6 nitrogen and oxygen atoms in total. The molecule has 0 heterocycles. The lowest BCUT2D eigenvalue weighted by Crippen LogP contribution is -2.51. The number of benzene rings is 3. The smallest absolute Gasteiger partial charge is 0.243 e. The molecule has 3 aromatic rings. The van der Waals surface area contributed by atoms with Gasteiger partial charge in [-0.1, -0.05) is 73.4 Å². The van der Waals surface area contributed by atoms with E-state index < -0.39 is 6.04 Å². The third-order valence-corrected chi connectivity index (χ3v) is 6.76. The summed E-state index contributed by atoms with van der Waals surface area (Å²) in [6.45, 7) is 5.12. The molecule has 1 unspecified atom stereocenters. The number of halogens is 2. The lowest BCUT2D eigenvalue weighted by atomic mass is 10.0. The van der Waals surface area contributed by atoms with E-state index in [-0.39, 0.29) is 30.7 Å². The Morgan fingerprint density at radius 1 is 0.949 bits per heavy atom. The van der Waals surface area contributed by atoms with Gasteiger partial charge in [0.25, 0.3) is 0 Å². The van der Waals surface area contributed by atoms with Crippen LogP contribution in [0.4, 0.5) is 0 Å². The lowest BCUT2D eigenvalue weighted by Gasteiger charge is -2.32. The van der Waals surface area contributed by atoms with Gasteiger partial charge in [-0.05, 0) is 59.9 Å². The maximum absolute atomic E-state index is 13.7. The number of hydrogen-bond donors (Lipinski definition) is 1. The van der Waals surface area contributed by atoms with Gasteiger partial charge in [0.2, 0.25) is 11.8 Å². The Morgan fingerprint density at radius 3 is 2.28 bits per heavy atom. The molecule has 0 aromatic heterocycles. The van der Waals surface area contributed by atoms with Crippen LogP contribution in [0.3, 0.4) is 0 Å². The third kappa shape index (κ3) is 9.79. The Balaban J connectivity index is 1.80. The van der Waals surface area contributed by atoms with Gasteiger partial charge < -0.3 is 19.7 Å². The predicted octanol–water partition coefficient (Wildman–Crippen LogP) is 6.57. The van der Waals surface area contributed by atoms with Crippen LogP contribution in [0.2, 0.25) is 10.0 Å². The molecule has 0 bridgehead atoms. The van der Waals surface area contributed by atoms with Crippen LogP contribution in [0.15, 0.2) is 72.8 Å². The second-order valence-electron chi connectivity index (χ2n) is 9.73. The Morgan fingerprint density at radius 2 is 1.64 bits per heavy atom. The first-order valence-electron chi connectivity index (χ1n) is 13.1. The van der Waals surface area contributed by atoms with Crippen LogP contribution in [0.25, 0.3) is 0 Å². The number of nitrogens with zero attached hydrogens (tertiary/aromatic N) is 1. The molecule has 0 saturated carbocycles. The third-order valence-electron chi connectivity index (χ3n) is 6.17. The first kappa shape index (κ1) is 30.3. The number of ether oxygens (including phenoxy) is 2. The highest BCUT2D eigenvalue weighted by atomic mass is 35.5. The molecule has 0 aliphatic carbocycles. The Hall–Kier alpha value is -3.22. The number of nitrogens with one attached hydrogen (secondary N) is 1. The molecule has 3 rings (SSSR count). The molecule has 8 heteroatoms. The highest BCUT2D eigenvalue weighted by molar-refractivity contribution is 6.35. The summed E-state index contributed by atoms with van der Waals surface area (Å²) in [5, 5.41) is 3.98. The molecule has 3 aromatic carbocycles. The zero-order valence-corrected chi connectivity index (χ0v) is 24.2. The number of carbonyl (C=O) groups is 2. The van der Waals surface area contributed by atoms with Crippen molar-refractivity contribution in [1.82, 2.24) is 10.2 Å². The highest BCUT2D eigenvalue weighted by Gasteiger charge is 2.30. The van der Waals surface area contributed by atoms with Gasteiger partial charge in [0.1, 0.15) is 17.5 Å². The van der Waals surface area contributed by atoms with Gasteiger partial charge in [0.15, 0.2) is 0 Å². The minimum Gasteiger partial charge on any atom is -0.497 e. The molecule has 0 spiro atoms. The van der Waals surface area contributed by atoms with E-state index in [0.29, 0.717) is 41.8 Å². The SMILES string of the molecule is COc1ccc(OCCCC(=O)N(Cc2ccc(Cl)cc2Cl)C(Cc2ccccc2)C(=O)NCC(C)C)cc1. The first-order valence-corrected chi connectivity index (χ1v) is 13.8. The van der Waals surface area contributed by atoms with Crippen molar-refractivity contribution in [3.8, 4) is 11.5 Å². The lowest BCUT2D eigenvalue weighted by molar-refractivity contribution is -0.141. The average molecular weight is 572 g/mol. The van der Waals surface area contributed by atoms with Gasteiger partial charge >= 0.3 is 0 Å². The molecule has 0 saturated heterocycles. The van der Waals surface area contributed by atoms with E-state index in [1.165, 1.54) is 0 Å².